The van der Waals surface area contributed by atoms with Crippen molar-refractivity contribution in [2.24, 2.45) is 4.99 Å². The van der Waals surface area contributed by atoms with Crippen LogP contribution < -0.4 is 0 Å². The highest BCUT2D eigenvalue weighted by atomic mass is 32.2. The van der Waals surface area contributed by atoms with E-state index in [4.69, 9.17) is 9.47 Å². The van der Waals surface area contributed by atoms with E-state index in [0.29, 0.717) is 0 Å². The maximum atomic E-state index is 5.30. The molecule has 0 aliphatic carbocycles. The average molecular weight is 276 g/mol. The molecule has 0 saturated heterocycles. The summed E-state index contributed by atoms with van der Waals surface area (Å²) in [5.74, 6) is 0. The largest absolute Gasteiger partial charge is 0.355 e. The van der Waals surface area contributed by atoms with E-state index in [0.717, 1.165) is 22.8 Å². The van der Waals surface area contributed by atoms with Crippen LogP contribution in [0, 0.1) is 0 Å². The third kappa shape index (κ3) is 2.41. The van der Waals surface area contributed by atoms with E-state index >= 15 is 0 Å². The Labute approximate surface area is 116 Å². The molecule has 2 heterocycles. The number of ether oxygens (including phenoxy) is 2. The lowest BCUT2D eigenvalue weighted by Gasteiger charge is -2.18. The fraction of sp³-hybridized carbons (Fsp3) is 0.357. The van der Waals surface area contributed by atoms with Crippen LogP contribution in [0.3, 0.4) is 0 Å². The molecule has 4 nitrogen and oxygen atoms in total. The molecule has 3 rings (SSSR count). The van der Waals surface area contributed by atoms with E-state index in [1.54, 1.807) is 26.0 Å². The summed E-state index contributed by atoms with van der Waals surface area (Å²) < 4.78 is 10.6. The first-order valence-corrected chi connectivity index (χ1v) is 7.04. The average Bonchev–Trinajstić information content (AvgIpc) is 3.06. The van der Waals surface area contributed by atoms with Crippen LogP contribution in [-0.2, 0) is 9.47 Å². The van der Waals surface area contributed by atoms with Crippen molar-refractivity contribution in [1.82, 2.24) is 4.98 Å². The predicted octanol–water partition coefficient (Wildman–Crippen LogP) is 2.65. The number of thioether (sulfide) groups is 1. The summed E-state index contributed by atoms with van der Waals surface area (Å²) in [5.41, 5.74) is 2.21. The Balaban J connectivity index is 1.80. The molecule has 0 spiro atoms. The van der Waals surface area contributed by atoms with Crippen molar-refractivity contribution < 1.29 is 9.47 Å². The maximum Gasteiger partial charge on any atom is 0.170 e. The summed E-state index contributed by atoms with van der Waals surface area (Å²) in [6.45, 7) is 0.724. The number of benzene rings is 1. The lowest BCUT2D eigenvalue weighted by atomic mass is 10.2. The molecule has 1 aliphatic rings. The zero-order valence-corrected chi connectivity index (χ0v) is 11.7. The fourth-order valence-electron chi connectivity index (χ4n) is 2.27. The van der Waals surface area contributed by atoms with Crippen molar-refractivity contribution in [2.45, 2.75) is 11.5 Å². The number of hydrogen-bond donors (Lipinski definition) is 1. The molecular formula is C14H16N2O2S. The van der Waals surface area contributed by atoms with Crippen LogP contribution in [0.15, 0.2) is 35.3 Å². The molecular weight excluding hydrogens is 260 g/mol. The highest BCUT2D eigenvalue weighted by Gasteiger charge is 2.29. The van der Waals surface area contributed by atoms with Crippen LogP contribution in [-0.4, -0.2) is 42.3 Å². The number of nitrogens with one attached hydrogen (secondary N) is 1. The molecule has 1 aromatic carbocycles. The first-order chi connectivity index (χ1) is 9.31. The number of fused-ring (bicyclic) bond motifs is 1. The summed E-state index contributed by atoms with van der Waals surface area (Å²) in [4.78, 5) is 7.99. The zero-order valence-electron chi connectivity index (χ0n) is 10.9. The summed E-state index contributed by atoms with van der Waals surface area (Å²) in [6, 6.07) is 10.4. The van der Waals surface area contributed by atoms with Crippen molar-refractivity contribution >= 4 is 27.7 Å². The van der Waals surface area contributed by atoms with Crippen LogP contribution in [0.25, 0.3) is 10.9 Å². The number of para-hydroxylation sites is 1. The van der Waals surface area contributed by atoms with E-state index in [9.17, 15) is 0 Å². The Morgan fingerprint density at radius 2 is 2.11 bits per heavy atom. The van der Waals surface area contributed by atoms with Gasteiger partial charge in [-0.2, -0.15) is 0 Å². The molecule has 1 unspecified atom stereocenters. The number of nitrogens with zero attached hydrogens (tertiary/aromatic N) is 1. The molecule has 0 amide bonds. The van der Waals surface area contributed by atoms with Gasteiger partial charge in [0.05, 0.1) is 17.5 Å². The topological polar surface area (TPSA) is 46.6 Å². The van der Waals surface area contributed by atoms with Crippen LogP contribution in [0.2, 0.25) is 0 Å². The smallest absolute Gasteiger partial charge is 0.170 e. The van der Waals surface area contributed by atoms with Gasteiger partial charge in [0.1, 0.15) is 5.04 Å². The predicted molar refractivity (Wildman–Crippen MR) is 78.9 cm³/mol. The third-order valence-corrected chi connectivity index (χ3v) is 4.45. The monoisotopic (exact) mass is 276 g/mol. The second kappa shape index (κ2) is 5.36. The third-order valence-electron chi connectivity index (χ3n) is 3.21. The van der Waals surface area contributed by atoms with Crippen LogP contribution in [0.4, 0.5) is 0 Å². The molecule has 0 radical (unpaired) electrons. The molecule has 2 aromatic rings. The lowest BCUT2D eigenvalue weighted by molar-refractivity contribution is -0.0994. The Hall–Kier alpha value is -1.30. The molecule has 0 saturated carbocycles. The van der Waals surface area contributed by atoms with Gasteiger partial charge >= 0.3 is 0 Å². The number of aromatic amines is 1. The lowest BCUT2D eigenvalue weighted by Crippen LogP contribution is -2.28. The number of hydrogen-bond acceptors (Lipinski definition) is 4. The molecule has 1 N–H and O–H groups in total. The Morgan fingerprint density at radius 1 is 1.32 bits per heavy atom. The minimum Gasteiger partial charge on any atom is -0.355 e. The molecule has 5 heteroatoms. The number of H-pyrrole nitrogens is 1. The van der Waals surface area contributed by atoms with E-state index in [2.05, 4.69) is 28.2 Å². The highest BCUT2D eigenvalue weighted by molar-refractivity contribution is 8.15. The number of aliphatic imine (C=N–C) groups is 1. The van der Waals surface area contributed by atoms with Gasteiger partial charge in [0, 0.05) is 25.1 Å². The van der Waals surface area contributed by atoms with Gasteiger partial charge in [0.2, 0.25) is 0 Å². The van der Waals surface area contributed by atoms with Crippen molar-refractivity contribution in [2.75, 3.05) is 20.8 Å². The normalized spacial score (nSPS) is 19.3. The summed E-state index contributed by atoms with van der Waals surface area (Å²) in [5, 5.41) is 2.45. The highest BCUT2D eigenvalue weighted by Crippen LogP contribution is 2.30. The fourth-order valence-corrected chi connectivity index (χ4v) is 3.42. The van der Waals surface area contributed by atoms with Crippen LogP contribution in [0.5, 0.6) is 0 Å². The number of methoxy groups -OCH3 is 2. The Kier molecular flexibility index (Phi) is 3.59. The minimum absolute atomic E-state index is 0.212. The number of aromatic nitrogens is 1. The molecule has 19 heavy (non-hydrogen) atoms. The van der Waals surface area contributed by atoms with Gasteiger partial charge in [0.15, 0.2) is 6.29 Å². The summed E-state index contributed by atoms with van der Waals surface area (Å²) in [6.07, 6.45) is -0.212. The Bertz CT molecular complexity index is 571. The van der Waals surface area contributed by atoms with E-state index < -0.39 is 0 Å². The minimum atomic E-state index is -0.212. The van der Waals surface area contributed by atoms with Crippen molar-refractivity contribution in [3.05, 3.63) is 36.0 Å². The van der Waals surface area contributed by atoms with Gasteiger partial charge in [-0.05, 0) is 12.1 Å². The van der Waals surface area contributed by atoms with Crippen LogP contribution >= 0.6 is 11.8 Å². The van der Waals surface area contributed by atoms with Crippen molar-refractivity contribution in [3.63, 3.8) is 0 Å². The standard InChI is InChI=1S/C14H16N2O2S/c1-17-14(18-2)12-8-15-13(19-12)11-7-9-5-3-4-6-10(9)16-11/h3-7,12,14,16H,8H2,1-2H3. The van der Waals surface area contributed by atoms with Crippen molar-refractivity contribution in [1.29, 1.82) is 0 Å². The second-order valence-corrected chi connectivity index (χ2v) is 5.64. The first kappa shape index (κ1) is 12.7. The SMILES string of the molecule is COC(OC)C1CN=C(c2cc3ccccc3[nH]2)S1. The summed E-state index contributed by atoms with van der Waals surface area (Å²) >= 11 is 1.71. The van der Waals surface area contributed by atoms with E-state index in [1.807, 2.05) is 12.1 Å². The zero-order chi connectivity index (χ0) is 13.2. The van der Waals surface area contributed by atoms with Gasteiger partial charge in [-0.15, -0.1) is 0 Å². The molecule has 100 valence electrons. The molecule has 0 bridgehead atoms. The van der Waals surface area contributed by atoms with E-state index in [1.165, 1.54) is 5.39 Å². The molecule has 1 aromatic heterocycles. The quantitative estimate of drug-likeness (QED) is 0.873. The second-order valence-electron chi connectivity index (χ2n) is 4.41. The van der Waals surface area contributed by atoms with Gasteiger partial charge in [-0.3, -0.25) is 4.99 Å². The molecule has 1 aliphatic heterocycles. The van der Waals surface area contributed by atoms with Crippen molar-refractivity contribution in [3.8, 4) is 0 Å². The summed E-state index contributed by atoms with van der Waals surface area (Å²) in [7, 11) is 3.32. The first-order valence-electron chi connectivity index (χ1n) is 6.16. The van der Waals surface area contributed by atoms with Gasteiger partial charge in [-0.25, -0.2) is 0 Å². The molecule has 1 atom stereocenters. The van der Waals surface area contributed by atoms with Gasteiger partial charge in [0.25, 0.3) is 0 Å². The van der Waals surface area contributed by atoms with Gasteiger partial charge < -0.3 is 14.5 Å². The Morgan fingerprint density at radius 3 is 2.84 bits per heavy atom. The number of rotatable bonds is 4. The van der Waals surface area contributed by atoms with E-state index in [-0.39, 0.29) is 11.5 Å². The van der Waals surface area contributed by atoms with Crippen LogP contribution in [0.1, 0.15) is 5.69 Å². The maximum absolute atomic E-state index is 5.30. The van der Waals surface area contributed by atoms with Gasteiger partial charge in [-0.1, -0.05) is 30.0 Å². The molecule has 0 fully saturated rings.